The van der Waals surface area contributed by atoms with Crippen molar-refractivity contribution in [2.24, 2.45) is 5.73 Å². The van der Waals surface area contributed by atoms with Crippen LogP contribution in [0, 0.1) is 0 Å². The summed E-state index contributed by atoms with van der Waals surface area (Å²) in [4.78, 5) is 19.5. The minimum absolute atomic E-state index is 0.0628. The zero-order valence-corrected chi connectivity index (χ0v) is 20.6. The van der Waals surface area contributed by atoms with E-state index >= 15 is 0 Å². The van der Waals surface area contributed by atoms with Crippen LogP contribution in [-0.2, 0) is 17.5 Å². The number of ether oxygens (including phenoxy) is 2. The van der Waals surface area contributed by atoms with Gasteiger partial charge >= 0.3 is 6.18 Å². The van der Waals surface area contributed by atoms with Crippen LogP contribution in [0.5, 0.6) is 5.88 Å². The van der Waals surface area contributed by atoms with Crippen LogP contribution in [0.3, 0.4) is 0 Å². The molecule has 0 saturated carbocycles. The summed E-state index contributed by atoms with van der Waals surface area (Å²) < 4.78 is 50.7. The summed E-state index contributed by atoms with van der Waals surface area (Å²) in [6, 6.07) is 11.5. The second-order valence-electron chi connectivity index (χ2n) is 8.92. The van der Waals surface area contributed by atoms with E-state index in [1.807, 2.05) is 19.9 Å². The van der Waals surface area contributed by atoms with Crippen LogP contribution in [0.15, 0.2) is 54.7 Å². The van der Waals surface area contributed by atoms with Crippen molar-refractivity contribution in [2.45, 2.75) is 32.7 Å². The summed E-state index contributed by atoms with van der Waals surface area (Å²) >= 11 is 0. The van der Waals surface area contributed by atoms with Gasteiger partial charge < -0.3 is 25.4 Å². The molecular formula is C27H29F3N4O3. The number of nitrogens with zero attached hydrogens (tertiary/aromatic N) is 2. The quantitative estimate of drug-likeness (QED) is 0.456. The normalized spacial score (nSPS) is 14.1. The number of hydrogen-bond acceptors (Lipinski definition) is 6. The van der Waals surface area contributed by atoms with E-state index in [-0.39, 0.29) is 18.2 Å². The minimum Gasteiger partial charge on any atom is -0.473 e. The molecule has 1 aliphatic rings. The number of aromatic nitrogens is 1. The highest BCUT2D eigenvalue weighted by atomic mass is 19.4. The minimum atomic E-state index is -4.54. The lowest BCUT2D eigenvalue weighted by Crippen LogP contribution is -2.36. The van der Waals surface area contributed by atoms with E-state index in [4.69, 9.17) is 15.2 Å². The molecule has 2 heterocycles. The maximum absolute atomic E-state index is 13.1. The molecule has 3 N–H and O–H groups in total. The molecule has 2 aromatic carbocycles. The number of pyridine rings is 1. The Morgan fingerprint density at radius 3 is 2.59 bits per heavy atom. The lowest BCUT2D eigenvalue weighted by molar-refractivity contribution is -0.137. The lowest BCUT2D eigenvalue weighted by atomic mass is 9.99. The summed E-state index contributed by atoms with van der Waals surface area (Å²) in [5.74, 6) is -0.130. The average molecular weight is 515 g/mol. The molecule has 0 spiro atoms. The number of nitrogens with one attached hydrogen (secondary N) is 1. The van der Waals surface area contributed by atoms with Gasteiger partial charge in [-0.2, -0.15) is 13.2 Å². The first-order valence-electron chi connectivity index (χ1n) is 12.0. The molecule has 1 aromatic heterocycles. The Balaban J connectivity index is 1.67. The van der Waals surface area contributed by atoms with Crippen LogP contribution in [-0.4, -0.2) is 43.3 Å². The number of hydrogen-bond donors (Lipinski definition) is 2. The molecule has 37 heavy (non-hydrogen) atoms. The van der Waals surface area contributed by atoms with Crippen molar-refractivity contribution < 1.29 is 27.4 Å². The zero-order chi connectivity index (χ0) is 26.6. The smallest absolute Gasteiger partial charge is 0.416 e. The van der Waals surface area contributed by atoms with Gasteiger partial charge in [-0.05, 0) is 61.4 Å². The molecule has 10 heteroatoms. The monoisotopic (exact) mass is 514 g/mol. The highest BCUT2D eigenvalue weighted by Gasteiger charge is 2.31. The van der Waals surface area contributed by atoms with Crippen molar-refractivity contribution in [3.63, 3.8) is 0 Å². The second kappa shape index (κ2) is 11.2. The number of halogens is 3. The Bertz CT molecular complexity index is 1260. The van der Waals surface area contributed by atoms with E-state index in [1.54, 1.807) is 24.4 Å². The van der Waals surface area contributed by atoms with E-state index in [9.17, 15) is 18.0 Å². The maximum Gasteiger partial charge on any atom is 0.416 e. The molecule has 1 aliphatic heterocycles. The fraction of sp³-hybridized carbons (Fsp3) is 0.333. The number of benzene rings is 2. The van der Waals surface area contributed by atoms with Crippen molar-refractivity contribution in [2.75, 3.05) is 36.5 Å². The molecule has 1 amide bonds. The van der Waals surface area contributed by atoms with Crippen LogP contribution in [0.4, 0.5) is 24.5 Å². The molecule has 0 bridgehead atoms. The third-order valence-corrected chi connectivity index (χ3v) is 5.88. The highest BCUT2D eigenvalue weighted by Crippen LogP contribution is 2.35. The Kier molecular flexibility index (Phi) is 7.99. The second-order valence-corrected chi connectivity index (χ2v) is 8.92. The van der Waals surface area contributed by atoms with Crippen LogP contribution in [0.2, 0.25) is 0 Å². The Morgan fingerprint density at radius 2 is 1.92 bits per heavy atom. The van der Waals surface area contributed by atoms with Crippen LogP contribution >= 0.6 is 0 Å². The van der Waals surface area contributed by atoms with Crippen molar-refractivity contribution in [1.29, 1.82) is 0 Å². The number of morpholine rings is 1. The first-order chi connectivity index (χ1) is 17.7. The number of carbonyl (C=O) groups excluding carboxylic acids is 1. The summed E-state index contributed by atoms with van der Waals surface area (Å²) in [7, 11) is 0. The summed E-state index contributed by atoms with van der Waals surface area (Å²) in [6.45, 7) is 6.68. The van der Waals surface area contributed by atoms with Gasteiger partial charge in [-0.25, -0.2) is 4.98 Å². The predicted molar refractivity (Wildman–Crippen MR) is 136 cm³/mol. The molecule has 1 fully saturated rings. The third-order valence-electron chi connectivity index (χ3n) is 5.88. The lowest BCUT2D eigenvalue weighted by Gasteiger charge is -2.30. The van der Waals surface area contributed by atoms with Gasteiger partial charge in [0.05, 0.1) is 24.9 Å². The van der Waals surface area contributed by atoms with Crippen molar-refractivity contribution in [1.82, 2.24) is 4.98 Å². The molecule has 3 aromatic rings. The van der Waals surface area contributed by atoms with Gasteiger partial charge in [0.1, 0.15) is 5.69 Å². The van der Waals surface area contributed by atoms with Gasteiger partial charge in [0.25, 0.3) is 5.91 Å². The van der Waals surface area contributed by atoms with E-state index in [0.717, 1.165) is 34.5 Å². The van der Waals surface area contributed by atoms with E-state index < -0.39 is 17.6 Å². The number of rotatable bonds is 7. The standard InChI is InChI=1S/C27H29F3N4O3/c1-17(2)37-26-24(34-8-10-36-11-9-34)13-20(16-32-26)23-14-22(7-6-19(23)15-31)33-25(35)18-4-3-5-21(12-18)27(28,29)30/h3-7,12-14,16-17H,8-11,15,31H2,1-2H3,(H,33,35). The highest BCUT2D eigenvalue weighted by molar-refractivity contribution is 6.04. The molecule has 0 atom stereocenters. The molecule has 0 radical (unpaired) electrons. The van der Waals surface area contributed by atoms with E-state index in [2.05, 4.69) is 15.2 Å². The van der Waals surface area contributed by atoms with Gasteiger partial charge in [0, 0.05) is 42.6 Å². The van der Waals surface area contributed by atoms with E-state index in [0.29, 0.717) is 37.9 Å². The molecule has 1 saturated heterocycles. The number of nitrogens with two attached hydrogens (primary N) is 1. The fourth-order valence-corrected chi connectivity index (χ4v) is 4.07. The average Bonchev–Trinajstić information content (AvgIpc) is 2.88. The number of alkyl halides is 3. The fourth-order valence-electron chi connectivity index (χ4n) is 4.07. The van der Waals surface area contributed by atoms with Crippen LogP contribution < -0.4 is 20.7 Å². The zero-order valence-electron chi connectivity index (χ0n) is 20.6. The van der Waals surface area contributed by atoms with Crippen molar-refractivity contribution in [3.8, 4) is 17.0 Å². The molecule has 0 aliphatic carbocycles. The topological polar surface area (TPSA) is 89.7 Å². The molecule has 7 nitrogen and oxygen atoms in total. The van der Waals surface area contributed by atoms with Gasteiger partial charge in [0.15, 0.2) is 0 Å². The first-order valence-corrected chi connectivity index (χ1v) is 12.0. The Morgan fingerprint density at radius 1 is 1.16 bits per heavy atom. The summed E-state index contributed by atoms with van der Waals surface area (Å²) in [6.07, 6.45) is -2.91. The summed E-state index contributed by atoms with van der Waals surface area (Å²) in [5, 5.41) is 2.69. The number of carbonyl (C=O) groups is 1. The van der Waals surface area contributed by atoms with Gasteiger partial charge in [0.2, 0.25) is 5.88 Å². The predicted octanol–water partition coefficient (Wildman–Crippen LogP) is 5.10. The third kappa shape index (κ3) is 6.39. The van der Waals surface area contributed by atoms with Crippen molar-refractivity contribution >= 4 is 17.3 Å². The van der Waals surface area contributed by atoms with Gasteiger partial charge in [-0.3, -0.25) is 4.79 Å². The number of anilines is 2. The largest absolute Gasteiger partial charge is 0.473 e. The first kappa shape index (κ1) is 26.4. The molecule has 0 unspecified atom stereocenters. The molecule has 4 rings (SSSR count). The number of amides is 1. The van der Waals surface area contributed by atoms with Crippen LogP contribution in [0.1, 0.15) is 35.3 Å². The van der Waals surface area contributed by atoms with Gasteiger partial charge in [-0.15, -0.1) is 0 Å². The molecular weight excluding hydrogens is 485 g/mol. The summed E-state index contributed by atoms with van der Waals surface area (Å²) in [5.41, 5.74) is 8.62. The maximum atomic E-state index is 13.1. The Labute approximate surface area is 213 Å². The van der Waals surface area contributed by atoms with Gasteiger partial charge in [-0.1, -0.05) is 12.1 Å². The molecule has 196 valence electrons. The SMILES string of the molecule is CC(C)Oc1ncc(-c2cc(NC(=O)c3cccc(C(F)(F)F)c3)ccc2CN)cc1N1CCOCC1. The van der Waals surface area contributed by atoms with E-state index in [1.165, 1.54) is 12.1 Å². The Hall–Kier alpha value is -3.63. The van der Waals surface area contributed by atoms with Crippen molar-refractivity contribution in [3.05, 3.63) is 71.4 Å². The van der Waals surface area contributed by atoms with Crippen LogP contribution in [0.25, 0.3) is 11.1 Å².